The van der Waals surface area contributed by atoms with Crippen molar-refractivity contribution in [1.82, 2.24) is 0 Å². The smallest absolute Gasteiger partial charge is 0.264 e. The fraction of sp³-hybridized carbons (Fsp3) is 0.409. The van der Waals surface area contributed by atoms with Gasteiger partial charge in [0, 0.05) is 23.7 Å². The molecule has 0 radical (unpaired) electrons. The second-order valence-corrected chi connectivity index (χ2v) is 10.1. The van der Waals surface area contributed by atoms with Crippen LogP contribution in [0.4, 0.5) is 11.4 Å². The normalized spacial score (nSPS) is 23.6. The van der Waals surface area contributed by atoms with E-state index in [1.165, 1.54) is 0 Å². The quantitative estimate of drug-likeness (QED) is 0.798. The number of hydrogen-bond acceptors (Lipinski definition) is 3. The third-order valence-electron chi connectivity index (χ3n) is 6.13. The average molecular weight is 397 g/mol. The Labute approximate surface area is 166 Å². The van der Waals surface area contributed by atoms with Gasteiger partial charge in [0.15, 0.2) is 0 Å². The Morgan fingerprint density at radius 1 is 0.929 bits per heavy atom. The molecule has 2 aliphatic heterocycles. The SMILES string of the molecule is CC1Cc2cc(S(=O)(=O)N3c4ccccc4CC3C)ccc2N1C(=O)C1CC1. The second-order valence-electron chi connectivity index (χ2n) is 8.31. The zero-order valence-electron chi connectivity index (χ0n) is 16.1. The molecule has 2 heterocycles. The third kappa shape index (κ3) is 2.58. The second kappa shape index (κ2) is 6.08. The highest BCUT2D eigenvalue weighted by Gasteiger charge is 2.41. The molecule has 146 valence electrons. The topological polar surface area (TPSA) is 57.7 Å². The summed E-state index contributed by atoms with van der Waals surface area (Å²) in [5.74, 6) is 0.336. The summed E-state index contributed by atoms with van der Waals surface area (Å²) >= 11 is 0. The van der Waals surface area contributed by atoms with Gasteiger partial charge >= 0.3 is 0 Å². The van der Waals surface area contributed by atoms with Crippen molar-refractivity contribution in [3.63, 3.8) is 0 Å². The monoisotopic (exact) mass is 396 g/mol. The molecule has 2 aromatic rings. The molecule has 2 atom stereocenters. The summed E-state index contributed by atoms with van der Waals surface area (Å²) in [7, 11) is -3.65. The number of amides is 1. The fourth-order valence-electron chi connectivity index (χ4n) is 4.65. The van der Waals surface area contributed by atoms with Crippen LogP contribution in [0.3, 0.4) is 0 Å². The fourth-order valence-corrected chi connectivity index (χ4v) is 6.39. The summed E-state index contributed by atoms with van der Waals surface area (Å²) in [5.41, 5.74) is 3.66. The Hall–Kier alpha value is -2.34. The standard InChI is InChI=1S/C22H24N2O3S/c1-14-11-18-13-19(9-10-20(18)23(14)22(25)16-7-8-16)28(26,27)24-15(2)12-17-5-3-4-6-21(17)24/h3-6,9-10,13-16H,7-8,11-12H2,1-2H3. The molecule has 1 amide bonds. The van der Waals surface area contributed by atoms with Crippen molar-refractivity contribution < 1.29 is 13.2 Å². The number of rotatable bonds is 3. The summed E-state index contributed by atoms with van der Waals surface area (Å²) in [6, 6.07) is 12.9. The van der Waals surface area contributed by atoms with Crippen molar-refractivity contribution in [3.05, 3.63) is 53.6 Å². The Balaban J connectivity index is 1.53. The lowest BCUT2D eigenvalue weighted by atomic mass is 10.1. The summed E-state index contributed by atoms with van der Waals surface area (Å²) in [6.45, 7) is 3.98. The minimum absolute atomic E-state index is 0.0764. The number of hydrogen-bond donors (Lipinski definition) is 0. The molecule has 0 bridgehead atoms. The Kier molecular flexibility index (Phi) is 3.85. The van der Waals surface area contributed by atoms with Crippen molar-refractivity contribution in [2.45, 2.75) is 56.5 Å². The molecule has 1 aliphatic carbocycles. The van der Waals surface area contributed by atoms with Crippen molar-refractivity contribution in [2.75, 3.05) is 9.21 Å². The molecule has 5 rings (SSSR count). The van der Waals surface area contributed by atoms with E-state index in [1.54, 1.807) is 16.4 Å². The highest BCUT2D eigenvalue weighted by Crippen LogP contribution is 2.41. The molecule has 1 saturated carbocycles. The molecular weight excluding hydrogens is 372 g/mol. The minimum Gasteiger partial charge on any atom is -0.309 e. The molecule has 0 spiro atoms. The lowest BCUT2D eigenvalue weighted by Crippen LogP contribution is -2.36. The van der Waals surface area contributed by atoms with E-state index in [-0.39, 0.29) is 23.9 Å². The number of carbonyl (C=O) groups is 1. The van der Waals surface area contributed by atoms with Crippen LogP contribution in [-0.4, -0.2) is 26.4 Å². The van der Waals surface area contributed by atoms with Crippen LogP contribution >= 0.6 is 0 Å². The van der Waals surface area contributed by atoms with E-state index < -0.39 is 10.0 Å². The van der Waals surface area contributed by atoms with Gasteiger partial charge in [-0.15, -0.1) is 0 Å². The van der Waals surface area contributed by atoms with Gasteiger partial charge in [-0.05, 0) is 74.9 Å². The molecule has 6 heteroatoms. The van der Waals surface area contributed by atoms with E-state index in [9.17, 15) is 13.2 Å². The van der Waals surface area contributed by atoms with Crippen molar-refractivity contribution in [2.24, 2.45) is 5.92 Å². The Morgan fingerprint density at radius 2 is 1.64 bits per heavy atom. The van der Waals surface area contributed by atoms with E-state index in [2.05, 4.69) is 0 Å². The number of anilines is 2. The molecule has 5 nitrogen and oxygen atoms in total. The number of sulfonamides is 1. The Morgan fingerprint density at radius 3 is 2.39 bits per heavy atom. The van der Waals surface area contributed by atoms with Gasteiger partial charge < -0.3 is 4.90 Å². The first kappa shape index (κ1) is 17.7. The predicted molar refractivity (Wildman–Crippen MR) is 109 cm³/mol. The van der Waals surface area contributed by atoms with Crippen LogP contribution in [0.2, 0.25) is 0 Å². The van der Waals surface area contributed by atoms with Gasteiger partial charge in [0.05, 0.1) is 10.6 Å². The van der Waals surface area contributed by atoms with Crippen molar-refractivity contribution in [1.29, 1.82) is 0 Å². The van der Waals surface area contributed by atoms with Crippen LogP contribution in [-0.2, 0) is 27.7 Å². The maximum absolute atomic E-state index is 13.5. The number of nitrogens with zero attached hydrogens (tertiary/aromatic N) is 2. The van der Waals surface area contributed by atoms with E-state index in [0.717, 1.165) is 41.8 Å². The number of carbonyl (C=O) groups excluding carboxylic acids is 1. The molecular formula is C22H24N2O3S. The minimum atomic E-state index is -3.65. The van der Waals surface area contributed by atoms with Crippen LogP contribution in [0.15, 0.2) is 47.4 Å². The van der Waals surface area contributed by atoms with Crippen molar-refractivity contribution >= 4 is 27.3 Å². The average Bonchev–Trinajstić information content (AvgIpc) is 3.37. The van der Waals surface area contributed by atoms with Gasteiger partial charge in [0.25, 0.3) is 10.0 Å². The van der Waals surface area contributed by atoms with Gasteiger partial charge in [-0.2, -0.15) is 0 Å². The predicted octanol–water partition coefficient (Wildman–Crippen LogP) is 3.51. The van der Waals surface area contributed by atoms with Crippen LogP contribution in [0.1, 0.15) is 37.8 Å². The van der Waals surface area contributed by atoms with Crippen LogP contribution in [0.25, 0.3) is 0 Å². The van der Waals surface area contributed by atoms with E-state index in [1.807, 2.05) is 49.1 Å². The maximum Gasteiger partial charge on any atom is 0.264 e. The molecule has 3 aliphatic rings. The van der Waals surface area contributed by atoms with E-state index >= 15 is 0 Å². The van der Waals surface area contributed by atoms with Gasteiger partial charge in [0.1, 0.15) is 0 Å². The first-order valence-corrected chi connectivity index (χ1v) is 11.4. The first-order chi connectivity index (χ1) is 13.4. The highest BCUT2D eigenvalue weighted by atomic mass is 32.2. The van der Waals surface area contributed by atoms with Gasteiger partial charge in [-0.1, -0.05) is 18.2 Å². The summed E-state index contributed by atoms with van der Waals surface area (Å²) in [4.78, 5) is 14.8. The van der Waals surface area contributed by atoms with Crippen LogP contribution < -0.4 is 9.21 Å². The van der Waals surface area contributed by atoms with Crippen LogP contribution in [0, 0.1) is 5.92 Å². The number of para-hydroxylation sites is 1. The van der Waals surface area contributed by atoms with Crippen molar-refractivity contribution in [3.8, 4) is 0 Å². The first-order valence-electron chi connectivity index (χ1n) is 9.96. The molecule has 0 aromatic heterocycles. The van der Waals surface area contributed by atoms with Gasteiger partial charge in [0.2, 0.25) is 5.91 Å². The third-order valence-corrected chi connectivity index (χ3v) is 8.06. The molecule has 0 saturated heterocycles. The number of fused-ring (bicyclic) bond motifs is 2. The number of benzene rings is 2. The zero-order valence-corrected chi connectivity index (χ0v) is 16.9. The van der Waals surface area contributed by atoms with Crippen LogP contribution in [0.5, 0.6) is 0 Å². The summed E-state index contributed by atoms with van der Waals surface area (Å²) in [6.07, 6.45) is 3.36. The summed E-state index contributed by atoms with van der Waals surface area (Å²) < 4.78 is 28.5. The summed E-state index contributed by atoms with van der Waals surface area (Å²) in [5, 5.41) is 0. The lowest BCUT2D eigenvalue weighted by Gasteiger charge is -2.25. The van der Waals surface area contributed by atoms with E-state index in [0.29, 0.717) is 11.3 Å². The zero-order chi connectivity index (χ0) is 19.6. The van der Waals surface area contributed by atoms with Gasteiger partial charge in [-0.25, -0.2) is 8.42 Å². The lowest BCUT2D eigenvalue weighted by molar-refractivity contribution is -0.120. The highest BCUT2D eigenvalue weighted by molar-refractivity contribution is 7.92. The molecule has 1 fully saturated rings. The molecule has 2 unspecified atom stereocenters. The molecule has 2 aromatic carbocycles. The largest absolute Gasteiger partial charge is 0.309 e. The van der Waals surface area contributed by atoms with Gasteiger partial charge in [-0.3, -0.25) is 9.10 Å². The Bertz CT molecular complexity index is 1070. The van der Waals surface area contributed by atoms with E-state index in [4.69, 9.17) is 0 Å². The molecule has 28 heavy (non-hydrogen) atoms. The maximum atomic E-state index is 13.5. The molecule has 0 N–H and O–H groups in total.